The molecule has 0 unspecified atom stereocenters. The van der Waals surface area contributed by atoms with E-state index in [4.69, 9.17) is 4.84 Å². The van der Waals surface area contributed by atoms with Gasteiger partial charge in [-0.1, -0.05) is 6.07 Å². The highest BCUT2D eigenvalue weighted by Gasteiger charge is 2.33. The molecule has 1 aliphatic rings. The van der Waals surface area contributed by atoms with Crippen LogP contribution in [0, 0.1) is 0 Å². The molecule has 0 bridgehead atoms. The lowest BCUT2D eigenvalue weighted by atomic mass is 10.2. The first-order valence-electron chi connectivity index (χ1n) is 9.17. The van der Waals surface area contributed by atoms with Crippen LogP contribution in [0.2, 0.25) is 0 Å². The molecule has 0 saturated carbocycles. The molecule has 172 valence electrons. The van der Waals surface area contributed by atoms with E-state index in [0.717, 1.165) is 24.4 Å². The van der Waals surface area contributed by atoms with Gasteiger partial charge >= 0.3 is 12.4 Å². The van der Waals surface area contributed by atoms with Crippen molar-refractivity contribution in [2.75, 3.05) is 18.9 Å². The second-order valence-corrected chi connectivity index (χ2v) is 6.80. The highest BCUT2D eigenvalue weighted by atomic mass is 19.4. The molecule has 8 nitrogen and oxygen atoms in total. The van der Waals surface area contributed by atoms with Crippen LogP contribution in [0.4, 0.5) is 38.0 Å². The van der Waals surface area contributed by atoms with E-state index in [1.807, 2.05) is 0 Å². The zero-order valence-electron chi connectivity index (χ0n) is 16.6. The van der Waals surface area contributed by atoms with Crippen LogP contribution in [0.3, 0.4) is 0 Å². The largest absolute Gasteiger partial charge is 0.433 e. The molecule has 4 heterocycles. The number of pyridine rings is 2. The van der Waals surface area contributed by atoms with E-state index in [-0.39, 0.29) is 35.5 Å². The lowest BCUT2D eigenvalue weighted by molar-refractivity contribution is -0.141. The summed E-state index contributed by atoms with van der Waals surface area (Å²) in [7, 11) is 1.63. The van der Waals surface area contributed by atoms with Crippen molar-refractivity contribution in [1.29, 1.82) is 0 Å². The second-order valence-electron chi connectivity index (χ2n) is 6.80. The highest BCUT2D eigenvalue weighted by Crippen LogP contribution is 2.31. The molecule has 1 aliphatic heterocycles. The first-order valence-corrected chi connectivity index (χ1v) is 9.17. The van der Waals surface area contributed by atoms with Crippen LogP contribution >= 0.6 is 0 Å². The van der Waals surface area contributed by atoms with Gasteiger partial charge in [-0.05, 0) is 24.3 Å². The van der Waals surface area contributed by atoms with E-state index in [9.17, 15) is 26.3 Å². The molecule has 3 aromatic heterocycles. The van der Waals surface area contributed by atoms with Gasteiger partial charge in [0.25, 0.3) is 0 Å². The van der Waals surface area contributed by atoms with Gasteiger partial charge in [0.15, 0.2) is 11.6 Å². The fourth-order valence-electron chi connectivity index (χ4n) is 2.79. The number of hydrogen-bond donors (Lipinski definition) is 1. The minimum atomic E-state index is -4.69. The molecular weight excluding hydrogens is 456 g/mol. The standard InChI is InChI=1S/C19H13F6N7O/c1-32-8-10(9-33-32)15-29-16(12-3-2-4-13(28-12)18(20,21)22)31-17(30-15)27-11-5-6-26-14(7-11)19(23,24)25/h2-7,9H,8H2,1H3,(H,26,27,29,30,31). The summed E-state index contributed by atoms with van der Waals surface area (Å²) >= 11 is 0. The average Bonchev–Trinajstić information content (AvgIpc) is 3.19. The maximum atomic E-state index is 13.1. The number of anilines is 2. The summed E-state index contributed by atoms with van der Waals surface area (Å²) in [6, 6.07) is 5.22. The molecule has 0 spiro atoms. The zero-order chi connectivity index (χ0) is 23.8. The fraction of sp³-hybridized carbons (Fsp3) is 0.211. The number of halogens is 6. The Morgan fingerprint density at radius 3 is 2.30 bits per heavy atom. The molecule has 0 amide bonds. The summed E-state index contributed by atoms with van der Waals surface area (Å²) in [6.07, 6.45) is -7.07. The molecular formula is C19H13F6N7O. The number of likely N-dealkylation sites (N-methyl/N-ethyl adjacent to an activating group) is 1. The summed E-state index contributed by atoms with van der Waals surface area (Å²) in [5.41, 5.74) is -2.05. The Kier molecular flexibility index (Phi) is 5.61. The first kappa shape index (κ1) is 22.4. The van der Waals surface area contributed by atoms with E-state index in [2.05, 4.69) is 30.2 Å². The van der Waals surface area contributed by atoms with Crippen molar-refractivity contribution in [1.82, 2.24) is 30.0 Å². The van der Waals surface area contributed by atoms with E-state index >= 15 is 0 Å². The van der Waals surface area contributed by atoms with Gasteiger partial charge in [-0.3, -0.25) is 4.98 Å². The number of hydrogen-bond acceptors (Lipinski definition) is 8. The smallest absolute Gasteiger partial charge is 0.413 e. The second kappa shape index (κ2) is 8.27. The summed E-state index contributed by atoms with van der Waals surface area (Å²) in [5.74, 6) is -0.366. The van der Waals surface area contributed by atoms with Gasteiger partial charge in [0.2, 0.25) is 5.95 Å². The average molecular weight is 469 g/mol. The van der Waals surface area contributed by atoms with Crippen molar-refractivity contribution in [3.63, 3.8) is 0 Å². The van der Waals surface area contributed by atoms with Gasteiger partial charge < -0.3 is 10.2 Å². The summed E-state index contributed by atoms with van der Waals surface area (Å²) < 4.78 is 78.2. The molecule has 4 rings (SSSR count). The van der Waals surface area contributed by atoms with Crippen LogP contribution in [0.1, 0.15) is 17.2 Å². The van der Waals surface area contributed by atoms with Crippen molar-refractivity contribution in [3.05, 3.63) is 60.0 Å². The Morgan fingerprint density at radius 1 is 0.909 bits per heavy atom. The summed E-state index contributed by atoms with van der Waals surface area (Å²) in [6.45, 7) is 0.256. The van der Waals surface area contributed by atoms with E-state index in [1.165, 1.54) is 23.5 Å². The van der Waals surface area contributed by atoms with Gasteiger partial charge in [-0.25, -0.2) is 9.97 Å². The molecule has 14 heteroatoms. The normalized spacial score (nSPS) is 14.7. The molecule has 3 aromatic rings. The van der Waals surface area contributed by atoms with Crippen molar-refractivity contribution in [2.45, 2.75) is 12.4 Å². The van der Waals surface area contributed by atoms with Gasteiger partial charge in [-0.15, -0.1) is 5.06 Å². The highest BCUT2D eigenvalue weighted by molar-refractivity contribution is 5.65. The van der Waals surface area contributed by atoms with Gasteiger partial charge in [-0.2, -0.15) is 36.3 Å². The Balaban J connectivity index is 1.77. The number of nitrogens with zero attached hydrogens (tertiary/aromatic N) is 6. The third kappa shape index (κ3) is 5.16. The van der Waals surface area contributed by atoms with Crippen LogP contribution in [0.5, 0.6) is 0 Å². The molecule has 0 fully saturated rings. The Hall–Kier alpha value is -3.81. The van der Waals surface area contributed by atoms with Crippen molar-refractivity contribution < 1.29 is 31.2 Å². The zero-order valence-corrected chi connectivity index (χ0v) is 16.6. The van der Waals surface area contributed by atoms with Gasteiger partial charge in [0, 0.05) is 18.9 Å². The number of alkyl halides is 6. The monoisotopic (exact) mass is 469 g/mol. The Bertz CT molecular complexity index is 1210. The molecule has 0 radical (unpaired) electrons. The molecule has 0 atom stereocenters. The SMILES string of the molecule is CN1CC(c2nc(Nc3ccnc(C(F)(F)F)c3)nc(-c3cccc(C(F)(F)F)n3)n2)=CO1. The maximum Gasteiger partial charge on any atom is 0.433 e. The van der Waals surface area contributed by atoms with E-state index < -0.39 is 23.7 Å². The molecule has 0 aliphatic carbocycles. The molecule has 0 aromatic carbocycles. The number of rotatable bonds is 4. The lowest BCUT2D eigenvalue weighted by Crippen LogP contribution is -2.14. The minimum absolute atomic E-state index is 0.0359. The van der Waals surface area contributed by atoms with Crippen molar-refractivity contribution >= 4 is 17.2 Å². The molecule has 33 heavy (non-hydrogen) atoms. The van der Waals surface area contributed by atoms with Crippen LogP contribution in [0.15, 0.2) is 42.8 Å². The van der Waals surface area contributed by atoms with E-state index in [0.29, 0.717) is 5.57 Å². The van der Waals surface area contributed by atoms with Crippen LogP contribution in [0.25, 0.3) is 17.1 Å². The summed E-state index contributed by atoms with van der Waals surface area (Å²) in [5, 5.41) is 4.06. The summed E-state index contributed by atoms with van der Waals surface area (Å²) in [4.78, 5) is 24.4. The topological polar surface area (TPSA) is 89.0 Å². The van der Waals surface area contributed by atoms with Crippen molar-refractivity contribution in [2.24, 2.45) is 0 Å². The van der Waals surface area contributed by atoms with Crippen LogP contribution < -0.4 is 5.32 Å². The predicted molar refractivity (Wildman–Crippen MR) is 102 cm³/mol. The van der Waals surface area contributed by atoms with E-state index in [1.54, 1.807) is 7.05 Å². The molecule has 1 N–H and O–H groups in total. The van der Waals surface area contributed by atoms with Crippen molar-refractivity contribution in [3.8, 4) is 11.5 Å². The predicted octanol–water partition coefficient (Wildman–Crippen LogP) is 4.33. The number of hydroxylamine groups is 2. The van der Waals surface area contributed by atoms with Crippen LogP contribution in [-0.2, 0) is 17.2 Å². The Labute approximate surface area is 182 Å². The maximum absolute atomic E-state index is 13.1. The third-order valence-electron chi connectivity index (χ3n) is 4.27. The van der Waals surface area contributed by atoms with Gasteiger partial charge in [0.1, 0.15) is 23.3 Å². The third-order valence-corrected chi connectivity index (χ3v) is 4.27. The minimum Gasteiger partial charge on any atom is -0.413 e. The first-order chi connectivity index (χ1) is 15.5. The van der Waals surface area contributed by atoms with Crippen LogP contribution in [-0.4, -0.2) is 43.6 Å². The lowest BCUT2D eigenvalue weighted by Gasteiger charge is -2.12. The number of nitrogens with one attached hydrogen (secondary N) is 1. The fourth-order valence-corrected chi connectivity index (χ4v) is 2.79. The quantitative estimate of drug-likeness (QED) is 0.565. The number of aromatic nitrogens is 5. The Morgan fingerprint density at radius 2 is 1.64 bits per heavy atom. The van der Waals surface area contributed by atoms with Gasteiger partial charge in [0.05, 0.1) is 12.1 Å². The molecule has 0 saturated heterocycles.